The molecule has 2 aromatic heterocycles. The van der Waals surface area contributed by atoms with E-state index in [2.05, 4.69) is 51.5 Å². The van der Waals surface area contributed by atoms with E-state index in [0.717, 1.165) is 31.5 Å². The molecule has 300 valence electrons. The minimum atomic E-state index is -4.91. The molecule has 1 aliphatic heterocycles. The molecule has 0 amide bonds. The summed E-state index contributed by atoms with van der Waals surface area (Å²) in [4.78, 5) is 29.8. The molecule has 0 atom stereocenters. The molecule has 3 aromatic carbocycles. The van der Waals surface area contributed by atoms with Gasteiger partial charge >= 0.3 is 69.7 Å². The third-order valence-corrected chi connectivity index (χ3v) is 9.27. The average molecular weight is 883 g/mol. The predicted molar refractivity (Wildman–Crippen MR) is 211 cm³/mol. The first-order chi connectivity index (χ1) is 27.4. The van der Waals surface area contributed by atoms with Crippen LogP contribution in [-0.4, -0.2) is 105 Å². The Morgan fingerprint density at radius 1 is 0.831 bits per heavy atom. The molecule has 5 aromatic rings. The molecule has 1 aliphatic rings. The van der Waals surface area contributed by atoms with E-state index in [9.17, 15) is 23.2 Å². The summed E-state index contributed by atoms with van der Waals surface area (Å²) < 4.78 is 62.6. The van der Waals surface area contributed by atoms with E-state index < -0.39 is 25.6 Å². The van der Waals surface area contributed by atoms with Gasteiger partial charge in [0.05, 0.1) is 18.1 Å². The summed E-state index contributed by atoms with van der Waals surface area (Å²) in [6.45, 7) is 1.65. The molecule has 6 rings (SSSR count). The summed E-state index contributed by atoms with van der Waals surface area (Å²) in [5, 5.41) is 25.4. The standard InChI is InChI=1S/C36H38ClN10O5S.2Na.O3S/c37-32-42-34(45-36(43-32)46-17-5-2-6-18-46)38-28-14-10-25(11-15-28)9-12-27-13-16-29(24-30(27)53(50,51)52)39-33-40-31(23-26-7-3-1-4-8-26)41-35(44-33)47(19-21-48)20-22-49;;;1-4(2)3/h1,3-4,7-10,12-16,24,48-49H,2,5-6,17-23H2,(H,50,51,52)(H,38,42,43,45)(H,39,40,41,44);;;/q-1;2*+1;/p-1/b12-9+;;;. The van der Waals surface area contributed by atoms with E-state index in [0.29, 0.717) is 35.4 Å². The van der Waals surface area contributed by atoms with Gasteiger partial charge in [0.15, 0.2) is 0 Å². The Labute approximate surface area is 392 Å². The summed E-state index contributed by atoms with van der Waals surface area (Å²) in [5.74, 6) is 1.52. The Morgan fingerprint density at radius 2 is 1.47 bits per heavy atom. The predicted octanol–water partition coefficient (Wildman–Crippen LogP) is -2.55. The number of nitrogens with zero attached hydrogens (tertiary/aromatic N) is 8. The van der Waals surface area contributed by atoms with Gasteiger partial charge in [-0.2, -0.15) is 35.5 Å². The van der Waals surface area contributed by atoms with Crippen LogP contribution < -0.4 is 79.5 Å². The molecule has 1 fully saturated rings. The number of halogens is 1. The number of hydrogen-bond donors (Lipinski definition) is 4. The number of rotatable bonds is 15. The Bertz CT molecular complexity index is 2370. The van der Waals surface area contributed by atoms with Gasteiger partial charge in [0.2, 0.25) is 29.1 Å². The molecule has 18 nitrogen and oxygen atoms in total. The maximum absolute atomic E-state index is 12.4. The van der Waals surface area contributed by atoms with Crippen LogP contribution in [0.3, 0.4) is 0 Å². The number of aromatic nitrogens is 6. The second kappa shape index (κ2) is 24.6. The van der Waals surface area contributed by atoms with Crippen molar-refractivity contribution in [1.82, 2.24) is 29.9 Å². The van der Waals surface area contributed by atoms with Crippen molar-refractivity contribution in [3.63, 3.8) is 0 Å². The van der Waals surface area contributed by atoms with E-state index in [-0.39, 0.29) is 114 Å². The first-order valence-electron chi connectivity index (χ1n) is 17.4. The molecule has 0 aliphatic carbocycles. The molecular formula is C36H37ClN10Na2O8S2. The average Bonchev–Trinajstić information content (AvgIpc) is 3.18. The molecule has 0 radical (unpaired) electrons. The number of benzene rings is 3. The SMILES string of the molecule is O=S(=O)([O-])c1cc(Nc2nc(Cc3ccccc3)nc(N(CCO)CCO)n2)ccc1/C=C/c1[c-]cc(Nc2nc(Cl)nc(N3CCCCC3)n2)cc1.O=S(=O)=O.[Na+].[Na+]. The number of aliphatic hydroxyl groups excluding tert-OH is 2. The minimum Gasteiger partial charge on any atom is -0.744 e. The van der Waals surface area contributed by atoms with Gasteiger partial charge in [-0.1, -0.05) is 42.5 Å². The summed E-state index contributed by atoms with van der Waals surface area (Å²) in [6, 6.07) is 22.2. The first kappa shape index (κ1) is 49.7. The van der Waals surface area contributed by atoms with Crippen LogP contribution >= 0.6 is 11.6 Å². The van der Waals surface area contributed by atoms with Crippen molar-refractivity contribution in [2.24, 2.45) is 0 Å². The number of piperidine rings is 1. The van der Waals surface area contributed by atoms with Gasteiger partial charge in [0, 0.05) is 38.3 Å². The van der Waals surface area contributed by atoms with Crippen molar-refractivity contribution in [2.75, 3.05) is 59.8 Å². The van der Waals surface area contributed by atoms with Gasteiger partial charge in [-0.05, 0) is 59.8 Å². The fourth-order valence-electron chi connectivity index (χ4n) is 5.67. The summed E-state index contributed by atoms with van der Waals surface area (Å²) in [6.07, 6.45) is 6.82. The molecule has 1 saturated heterocycles. The van der Waals surface area contributed by atoms with Crippen molar-refractivity contribution in [3.05, 3.63) is 101 Å². The smallest absolute Gasteiger partial charge is 0.744 e. The Morgan fingerprint density at radius 3 is 2.10 bits per heavy atom. The fourth-order valence-corrected chi connectivity index (χ4v) is 6.52. The van der Waals surface area contributed by atoms with Crippen LogP contribution in [0.15, 0.2) is 71.6 Å². The number of nitrogens with one attached hydrogen (secondary N) is 2. The van der Waals surface area contributed by atoms with Gasteiger partial charge in [-0.15, -0.1) is 43.0 Å². The Kier molecular flexibility index (Phi) is 20.7. The maximum atomic E-state index is 12.4. The van der Waals surface area contributed by atoms with Crippen LogP contribution in [-0.2, 0) is 27.1 Å². The molecule has 4 N–H and O–H groups in total. The van der Waals surface area contributed by atoms with E-state index in [1.54, 1.807) is 35.2 Å². The molecule has 59 heavy (non-hydrogen) atoms. The molecule has 3 heterocycles. The van der Waals surface area contributed by atoms with Crippen LogP contribution in [0.25, 0.3) is 12.2 Å². The van der Waals surface area contributed by atoms with Gasteiger partial charge in [0.1, 0.15) is 15.9 Å². The van der Waals surface area contributed by atoms with E-state index in [4.69, 9.17) is 24.2 Å². The molecule has 23 heteroatoms. The van der Waals surface area contributed by atoms with Gasteiger partial charge in [-0.3, -0.25) is 0 Å². The van der Waals surface area contributed by atoms with Gasteiger partial charge < -0.3 is 35.2 Å². The summed E-state index contributed by atoms with van der Waals surface area (Å²) in [7, 11) is -8.02. The summed E-state index contributed by atoms with van der Waals surface area (Å²) in [5.41, 5.74) is 2.63. The van der Waals surface area contributed by atoms with E-state index >= 15 is 0 Å². The van der Waals surface area contributed by atoms with Crippen molar-refractivity contribution in [3.8, 4) is 0 Å². The van der Waals surface area contributed by atoms with Crippen LogP contribution in [0.5, 0.6) is 0 Å². The Hall–Kier alpha value is -3.64. The van der Waals surface area contributed by atoms with Crippen LogP contribution in [0.1, 0.15) is 41.8 Å². The van der Waals surface area contributed by atoms with Crippen LogP contribution in [0, 0.1) is 6.07 Å². The molecule has 0 bridgehead atoms. The quantitative estimate of drug-likeness (QED) is 0.0365. The third kappa shape index (κ3) is 16.1. The second-order valence-electron chi connectivity index (χ2n) is 12.3. The zero-order valence-corrected chi connectivity index (χ0v) is 38.6. The fraction of sp³-hybridized carbons (Fsp3) is 0.278. The van der Waals surface area contributed by atoms with Crippen molar-refractivity contribution in [1.29, 1.82) is 0 Å². The van der Waals surface area contributed by atoms with Crippen molar-refractivity contribution >= 4 is 79.6 Å². The van der Waals surface area contributed by atoms with Gasteiger partial charge in [0.25, 0.3) is 0 Å². The van der Waals surface area contributed by atoms with Gasteiger partial charge in [-0.25, -0.2) is 8.42 Å². The number of hydrogen-bond acceptors (Lipinski definition) is 18. The first-order valence-corrected chi connectivity index (χ1v) is 20.2. The van der Waals surface area contributed by atoms with Crippen LogP contribution in [0.2, 0.25) is 5.28 Å². The Balaban J connectivity index is 0.00000148. The largest absolute Gasteiger partial charge is 1.00 e. The minimum absolute atomic E-state index is 0. The number of aliphatic hydroxyl groups is 2. The second-order valence-corrected chi connectivity index (χ2v) is 14.4. The van der Waals surface area contributed by atoms with E-state index in [1.165, 1.54) is 24.6 Å². The third-order valence-electron chi connectivity index (χ3n) is 8.21. The topological polar surface area (TPSA) is 257 Å². The van der Waals surface area contributed by atoms with Crippen molar-refractivity contribution in [2.45, 2.75) is 30.6 Å². The summed E-state index contributed by atoms with van der Waals surface area (Å²) >= 11 is 6.19. The van der Waals surface area contributed by atoms with E-state index in [1.807, 2.05) is 30.3 Å². The molecule has 0 saturated carbocycles. The monoisotopic (exact) mass is 882 g/mol. The molecule has 0 unspecified atom stereocenters. The molecule has 0 spiro atoms. The normalized spacial score (nSPS) is 12.4. The number of anilines is 6. The maximum Gasteiger partial charge on any atom is 1.00 e. The van der Waals surface area contributed by atoms with Crippen LogP contribution in [0.4, 0.5) is 35.2 Å². The zero-order valence-electron chi connectivity index (χ0n) is 32.2. The molecular weight excluding hydrogens is 846 g/mol. The zero-order chi connectivity index (χ0) is 40.8. The van der Waals surface area contributed by atoms with Crippen molar-refractivity contribution < 1.29 is 94.9 Å².